The van der Waals surface area contributed by atoms with Crippen LogP contribution in [0.25, 0.3) is 0 Å². The van der Waals surface area contributed by atoms with E-state index >= 15 is 0 Å². The van der Waals surface area contributed by atoms with Crippen LogP contribution in [0, 0.1) is 0 Å². The van der Waals surface area contributed by atoms with Crippen LogP contribution in [0.4, 0.5) is 11.5 Å². The van der Waals surface area contributed by atoms with Crippen molar-refractivity contribution in [3.63, 3.8) is 0 Å². The molecular weight excluding hydrogens is 374 g/mol. The maximum Gasteiger partial charge on any atom is 0.256 e. The standard InChI is InChI=1S/C21H21N3O3S/c1-28(26,27)24-19-9-5-8-18(15-19)21(25)23-20-14-17(12-13-22-20)11-10-16-6-3-2-4-7-16/h2-9,12-15,24H,10-11H2,1H3,(H,22,23,25). The van der Waals surface area contributed by atoms with Crippen LogP contribution in [0.3, 0.4) is 0 Å². The zero-order valence-electron chi connectivity index (χ0n) is 15.4. The maximum atomic E-state index is 12.5. The Balaban J connectivity index is 1.66. The molecule has 1 aromatic heterocycles. The molecule has 0 fully saturated rings. The third-order valence-electron chi connectivity index (χ3n) is 4.04. The van der Waals surface area contributed by atoms with Crippen LogP contribution in [0.2, 0.25) is 0 Å². The van der Waals surface area contributed by atoms with E-state index in [1.807, 2.05) is 30.3 Å². The van der Waals surface area contributed by atoms with Crippen LogP contribution in [0.1, 0.15) is 21.5 Å². The molecule has 0 bridgehead atoms. The molecule has 0 radical (unpaired) electrons. The second-order valence-corrected chi connectivity index (χ2v) is 8.19. The smallest absolute Gasteiger partial charge is 0.256 e. The largest absolute Gasteiger partial charge is 0.307 e. The highest BCUT2D eigenvalue weighted by Crippen LogP contribution is 2.15. The van der Waals surface area contributed by atoms with E-state index in [4.69, 9.17) is 0 Å². The van der Waals surface area contributed by atoms with Gasteiger partial charge in [-0.1, -0.05) is 36.4 Å². The molecule has 6 nitrogen and oxygen atoms in total. The molecule has 0 unspecified atom stereocenters. The molecule has 0 saturated carbocycles. The average molecular weight is 395 g/mol. The molecule has 2 aromatic carbocycles. The number of rotatable bonds is 7. The summed E-state index contributed by atoms with van der Waals surface area (Å²) < 4.78 is 25.1. The van der Waals surface area contributed by atoms with Crippen LogP contribution in [0.5, 0.6) is 0 Å². The summed E-state index contributed by atoms with van der Waals surface area (Å²) in [5, 5.41) is 2.76. The van der Waals surface area contributed by atoms with Gasteiger partial charge in [0.25, 0.3) is 5.91 Å². The molecule has 144 valence electrons. The van der Waals surface area contributed by atoms with Gasteiger partial charge in [0, 0.05) is 17.4 Å². The molecule has 0 aliphatic rings. The van der Waals surface area contributed by atoms with Crippen LogP contribution in [-0.2, 0) is 22.9 Å². The minimum atomic E-state index is -3.41. The summed E-state index contributed by atoms with van der Waals surface area (Å²) in [6.45, 7) is 0. The van der Waals surface area contributed by atoms with Crippen LogP contribution < -0.4 is 10.0 Å². The van der Waals surface area contributed by atoms with Crippen molar-refractivity contribution in [2.45, 2.75) is 12.8 Å². The molecule has 2 N–H and O–H groups in total. The fourth-order valence-corrected chi connectivity index (χ4v) is 3.31. The Hall–Kier alpha value is -3.19. The predicted molar refractivity (Wildman–Crippen MR) is 111 cm³/mol. The highest BCUT2D eigenvalue weighted by molar-refractivity contribution is 7.92. The lowest BCUT2D eigenvalue weighted by Gasteiger charge is -2.09. The summed E-state index contributed by atoms with van der Waals surface area (Å²) >= 11 is 0. The van der Waals surface area contributed by atoms with Gasteiger partial charge >= 0.3 is 0 Å². The second-order valence-electron chi connectivity index (χ2n) is 6.44. The first-order valence-electron chi connectivity index (χ1n) is 8.77. The lowest BCUT2D eigenvalue weighted by molar-refractivity contribution is 0.102. The molecule has 0 atom stereocenters. The quantitative estimate of drug-likeness (QED) is 0.641. The van der Waals surface area contributed by atoms with E-state index in [0.717, 1.165) is 24.7 Å². The molecule has 0 aliphatic heterocycles. The fourth-order valence-electron chi connectivity index (χ4n) is 2.76. The Morgan fingerprint density at radius 2 is 1.68 bits per heavy atom. The lowest BCUT2D eigenvalue weighted by Crippen LogP contribution is -2.14. The van der Waals surface area contributed by atoms with E-state index in [1.165, 1.54) is 11.6 Å². The van der Waals surface area contributed by atoms with E-state index in [2.05, 4.69) is 27.2 Å². The zero-order chi connectivity index (χ0) is 20.0. The van der Waals surface area contributed by atoms with Crippen molar-refractivity contribution in [2.75, 3.05) is 16.3 Å². The topological polar surface area (TPSA) is 88.2 Å². The van der Waals surface area contributed by atoms with Crippen LogP contribution in [0.15, 0.2) is 72.9 Å². The van der Waals surface area contributed by atoms with Crippen molar-refractivity contribution in [1.82, 2.24) is 4.98 Å². The molecular formula is C21H21N3O3S. The highest BCUT2D eigenvalue weighted by atomic mass is 32.2. The van der Waals surface area contributed by atoms with E-state index < -0.39 is 10.0 Å². The van der Waals surface area contributed by atoms with Crippen LogP contribution >= 0.6 is 0 Å². The van der Waals surface area contributed by atoms with Gasteiger partial charge in [0.05, 0.1) is 6.26 Å². The first-order valence-corrected chi connectivity index (χ1v) is 10.7. The monoisotopic (exact) mass is 395 g/mol. The summed E-state index contributed by atoms with van der Waals surface area (Å²) in [5.41, 5.74) is 2.99. The van der Waals surface area contributed by atoms with Gasteiger partial charge in [-0.15, -0.1) is 0 Å². The molecule has 0 spiro atoms. The molecule has 1 heterocycles. The zero-order valence-corrected chi connectivity index (χ0v) is 16.2. The minimum Gasteiger partial charge on any atom is -0.307 e. The molecule has 3 rings (SSSR count). The Bertz CT molecular complexity index is 1070. The Labute approximate surface area is 164 Å². The number of aryl methyl sites for hydroxylation is 2. The first-order chi connectivity index (χ1) is 13.4. The third kappa shape index (κ3) is 5.92. The van der Waals surface area contributed by atoms with E-state index in [-0.39, 0.29) is 5.91 Å². The molecule has 0 aliphatic carbocycles. The Morgan fingerprint density at radius 1 is 0.929 bits per heavy atom. The normalized spacial score (nSPS) is 11.0. The number of carbonyl (C=O) groups is 1. The molecule has 1 amide bonds. The molecule has 28 heavy (non-hydrogen) atoms. The number of carbonyl (C=O) groups excluding carboxylic acids is 1. The van der Waals surface area contributed by atoms with Gasteiger partial charge < -0.3 is 5.32 Å². The highest BCUT2D eigenvalue weighted by Gasteiger charge is 2.10. The van der Waals surface area contributed by atoms with Crippen molar-refractivity contribution in [3.05, 3.63) is 89.6 Å². The number of sulfonamides is 1. The van der Waals surface area contributed by atoms with Crippen molar-refractivity contribution in [1.29, 1.82) is 0 Å². The van der Waals surface area contributed by atoms with Crippen molar-refractivity contribution >= 4 is 27.4 Å². The number of amides is 1. The minimum absolute atomic E-state index is 0.333. The van der Waals surface area contributed by atoms with Gasteiger partial charge in [0.2, 0.25) is 10.0 Å². The van der Waals surface area contributed by atoms with E-state index in [1.54, 1.807) is 24.4 Å². The summed E-state index contributed by atoms with van der Waals surface area (Å²) in [6, 6.07) is 20.3. The Morgan fingerprint density at radius 3 is 2.43 bits per heavy atom. The number of hydrogen-bond acceptors (Lipinski definition) is 4. The summed E-state index contributed by atoms with van der Waals surface area (Å²) in [7, 11) is -3.41. The Kier molecular flexibility index (Phi) is 6.06. The summed E-state index contributed by atoms with van der Waals surface area (Å²) in [4.78, 5) is 16.7. The lowest BCUT2D eigenvalue weighted by atomic mass is 10.1. The molecule has 3 aromatic rings. The van der Waals surface area contributed by atoms with Crippen LogP contribution in [-0.4, -0.2) is 25.6 Å². The predicted octanol–water partition coefficient (Wildman–Crippen LogP) is 3.49. The van der Waals surface area contributed by atoms with Gasteiger partial charge in [-0.2, -0.15) is 0 Å². The number of nitrogens with zero attached hydrogens (tertiary/aromatic N) is 1. The number of aromatic nitrogens is 1. The van der Waals surface area contributed by atoms with E-state index in [0.29, 0.717) is 17.1 Å². The van der Waals surface area contributed by atoms with Gasteiger partial charge in [-0.3, -0.25) is 9.52 Å². The fraction of sp³-hybridized carbons (Fsp3) is 0.143. The summed E-state index contributed by atoms with van der Waals surface area (Å²) in [6.07, 6.45) is 4.46. The number of anilines is 2. The van der Waals surface area contributed by atoms with Crippen molar-refractivity contribution in [3.8, 4) is 0 Å². The van der Waals surface area contributed by atoms with Crippen molar-refractivity contribution < 1.29 is 13.2 Å². The number of nitrogens with one attached hydrogen (secondary N) is 2. The maximum absolute atomic E-state index is 12.5. The van der Waals surface area contributed by atoms with Gasteiger partial charge in [0.15, 0.2) is 0 Å². The van der Waals surface area contributed by atoms with Crippen molar-refractivity contribution in [2.24, 2.45) is 0 Å². The number of benzene rings is 2. The summed E-state index contributed by atoms with van der Waals surface area (Å²) in [5.74, 6) is 0.0990. The van der Waals surface area contributed by atoms with Gasteiger partial charge in [-0.25, -0.2) is 13.4 Å². The first kappa shape index (κ1) is 19.6. The second kappa shape index (κ2) is 8.67. The molecule has 0 saturated heterocycles. The number of pyridine rings is 1. The van der Waals surface area contributed by atoms with Gasteiger partial charge in [-0.05, 0) is 54.3 Å². The average Bonchev–Trinajstić information content (AvgIpc) is 2.66. The number of hydrogen-bond donors (Lipinski definition) is 2. The van der Waals surface area contributed by atoms with Gasteiger partial charge in [0.1, 0.15) is 5.82 Å². The SMILES string of the molecule is CS(=O)(=O)Nc1cccc(C(=O)Nc2cc(CCc3ccccc3)ccn2)c1. The van der Waals surface area contributed by atoms with E-state index in [9.17, 15) is 13.2 Å². The third-order valence-corrected chi connectivity index (χ3v) is 4.65. The molecule has 7 heteroatoms.